The number of piperidine rings is 1. The number of nitrogens with zero attached hydrogens (tertiary/aromatic N) is 3. The molecule has 31 heavy (non-hydrogen) atoms. The van der Waals surface area contributed by atoms with Gasteiger partial charge < -0.3 is 9.80 Å². The van der Waals surface area contributed by atoms with Gasteiger partial charge in [0.05, 0.1) is 4.90 Å². The van der Waals surface area contributed by atoms with E-state index in [1.165, 1.54) is 84.2 Å². The molecule has 1 aromatic rings. The van der Waals surface area contributed by atoms with Gasteiger partial charge in [-0.15, -0.1) is 0 Å². The van der Waals surface area contributed by atoms with Crippen LogP contribution in [0.15, 0.2) is 35.2 Å². The van der Waals surface area contributed by atoms with Gasteiger partial charge in [0.1, 0.15) is 11.0 Å². The average molecular weight is 446 g/mol. The van der Waals surface area contributed by atoms with Gasteiger partial charge in [0, 0.05) is 52.4 Å². The van der Waals surface area contributed by atoms with E-state index in [2.05, 4.69) is 28.0 Å². The lowest BCUT2D eigenvalue weighted by atomic mass is 9.91. The Hall–Kier alpha value is -0.750. The Balaban J connectivity index is 1.14. The lowest BCUT2D eigenvalue weighted by molar-refractivity contribution is 0.108. The van der Waals surface area contributed by atoms with Gasteiger partial charge in [-0.2, -0.15) is 0 Å². The molecule has 1 aliphatic carbocycles. The molecule has 2 saturated heterocycles. The molecular weight excluding hydrogens is 402 g/mol. The number of hydrogen-bond acceptors (Lipinski definition) is 3. The molecule has 4 nitrogen and oxygen atoms in total. The summed E-state index contributed by atoms with van der Waals surface area (Å²) in [7, 11) is -0.988. The van der Waals surface area contributed by atoms with E-state index in [0.29, 0.717) is 5.41 Å². The fraction of sp³-hybridized carbons (Fsp3) is 0.769. The van der Waals surface area contributed by atoms with E-state index in [4.69, 9.17) is 0 Å². The van der Waals surface area contributed by atoms with Crippen LogP contribution in [0.5, 0.6) is 0 Å². The van der Waals surface area contributed by atoms with Crippen molar-refractivity contribution in [2.75, 3.05) is 52.4 Å². The highest BCUT2D eigenvalue weighted by molar-refractivity contribution is 7.82. The van der Waals surface area contributed by atoms with Crippen LogP contribution in [0, 0.1) is 17.3 Å². The second-order valence-corrected chi connectivity index (χ2v) is 11.9. The normalized spacial score (nSPS) is 26.7. The number of hydrogen-bond donors (Lipinski definition) is 0. The highest BCUT2D eigenvalue weighted by Crippen LogP contribution is 2.59. The first-order valence-electron chi connectivity index (χ1n) is 12.8. The molecule has 0 N–H and O–H groups in total. The van der Waals surface area contributed by atoms with Crippen molar-refractivity contribution in [1.82, 2.24) is 14.1 Å². The Morgan fingerprint density at radius 1 is 1.00 bits per heavy atom. The third-order valence-corrected chi connectivity index (χ3v) is 9.58. The summed E-state index contributed by atoms with van der Waals surface area (Å²) in [5.41, 5.74) is 0.558. The summed E-state index contributed by atoms with van der Waals surface area (Å²) in [6.07, 6.45) is 9.37. The third kappa shape index (κ3) is 6.19. The van der Waals surface area contributed by atoms with Crippen molar-refractivity contribution in [3.63, 3.8) is 0 Å². The molecule has 3 aliphatic rings. The van der Waals surface area contributed by atoms with Crippen LogP contribution in [-0.4, -0.2) is 70.7 Å². The zero-order valence-electron chi connectivity index (χ0n) is 19.8. The van der Waals surface area contributed by atoms with Crippen molar-refractivity contribution in [1.29, 1.82) is 0 Å². The van der Waals surface area contributed by atoms with Gasteiger partial charge in [-0.05, 0) is 55.1 Å². The number of piperazine rings is 1. The zero-order chi connectivity index (χ0) is 21.7. The van der Waals surface area contributed by atoms with Crippen molar-refractivity contribution in [2.45, 2.75) is 63.7 Å². The van der Waals surface area contributed by atoms with Gasteiger partial charge >= 0.3 is 0 Å². The molecule has 174 valence electrons. The van der Waals surface area contributed by atoms with Crippen LogP contribution < -0.4 is 0 Å². The maximum Gasteiger partial charge on any atom is 0.127 e. The molecule has 3 atom stereocenters. The van der Waals surface area contributed by atoms with Crippen LogP contribution in [0.25, 0.3) is 0 Å². The van der Waals surface area contributed by atoms with Crippen LogP contribution in [0.3, 0.4) is 0 Å². The molecule has 0 bridgehead atoms. The van der Waals surface area contributed by atoms with Crippen LogP contribution in [0.1, 0.15) is 58.8 Å². The molecule has 4 rings (SSSR count). The molecule has 1 spiro atoms. The SMILES string of the molecule is CCCCCC(C)CN1CCN(CC2CC23CCN(S(=O)c2ccccc2)CC3)CC1. The van der Waals surface area contributed by atoms with E-state index in [9.17, 15) is 4.21 Å². The molecule has 0 radical (unpaired) electrons. The zero-order valence-corrected chi connectivity index (χ0v) is 20.6. The van der Waals surface area contributed by atoms with E-state index in [0.717, 1.165) is 29.8 Å². The maximum absolute atomic E-state index is 12.8. The first-order valence-corrected chi connectivity index (χ1v) is 13.9. The van der Waals surface area contributed by atoms with Gasteiger partial charge in [-0.1, -0.05) is 51.3 Å². The highest BCUT2D eigenvalue weighted by Gasteiger charge is 2.55. The lowest BCUT2D eigenvalue weighted by Gasteiger charge is -2.37. The Morgan fingerprint density at radius 2 is 1.68 bits per heavy atom. The third-order valence-electron chi connectivity index (χ3n) is 8.07. The fourth-order valence-electron chi connectivity index (χ4n) is 5.83. The Morgan fingerprint density at radius 3 is 2.35 bits per heavy atom. The minimum absolute atomic E-state index is 0.558. The Kier molecular flexibility index (Phi) is 8.24. The smallest absolute Gasteiger partial charge is 0.127 e. The minimum Gasteiger partial charge on any atom is -0.301 e. The van der Waals surface area contributed by atoms with Crippen molar-refractivity contribution in [2.24, 2.45) is 17.3 Å². The summed E-state index contributed by atoms with van der Waals surface area (Å²) in [5.74, 6) is 1.72. The van der Waals surface area contributed by atoms with Crippen molar-refractivity contribution in [3.05, 3.63) is 30.3 Å². The molecule has 1 saturated carbocycles. The summed E-state index contributed by atoms with van der Waals surface area (Å²) in [4.78, 5) is 6.38. The summed E-state index contributed by atoms with van der Waals surface area (Å²) in [6.45, 7) is 14.3. The molecule has 2 heterocycles. The Bertz CT molecular complexity index is 696. The van der Waals surface area contributed by atoms with Crippen LogP contribution >= 0.6 is 0 Å². The van der Waals surface area contributed by atoms with Crippen molar-refractivity contribution < 1.29 is 4.21 Å². The number of rotatable bonds is 10. The molecule has 1 aromatic carbocycles. The van der Waals surface area contributed by atoms with E-state index >= 15 is 0 Å². The molecule has 2 aliphatic heterocycles. The standard InChI is InChI=1S/C26H43N3OS/c1-3-4-6-9-23(2)21-27-16-18-28(19-17-27)22-24-20-26(24)12-14-29(15-13-26)31(30)25-10-7-5-8-11-25/h5,7-8,10-11,23-24H,3-4,6,9,12-22H2,1-2H3. The van der Waals surface area contributed by atoms with Gasteiger partial charge in [-0.25, -0.2) is 8.51 Å². The van der Waals surface area contributed by atoms with E-state index < -0.39 is 11.0 Å². The first kappa shape index (κ1) is 23.4. The molecule has 3 fully saturated rings. The lowest BCUT2D eigenvalue weighted by Crippen LogP contribution is -2.48. The summed E-state index contributed by atoms with van der Waals surface area (Å²) >= 11 is 0. The van der Waals surface area contributed by atoms with Crippen LogP contribution in [0.2, 0.25) is 0 Å². The summed E-state index contributed by atoms with van der Waals surface area (Å²) in [6, 6.07) is 9.96. The minimum atomic E-state index is -0.988. The quantitative estimate of drug-likeness (QED) is 0.491. The van der Waals surface area contributed by atoms with E-state index in [1.54, 1.807) is 0 Å². The molecule has 0 aromatic heterocycles. The fourth-order valence-corrected chi connectivity index (χ4v) is 7.03. The topological polar surface area (TPSA) is 26.8 Å². The number of benzene rings is 1. The second kappa shape index (κ2) is 10.9. The molecule has 0 amide bonds. The summed E-state index contributed by atoms with van der Waals surface area (Å²) in [5, 5.41) is 0. The van der Waals surface area contributed by atoms with E-state index in [1.807, 2.05) is 30.3 Å². The average Bonchev–Trinajstić information content (AvgIpc) is 3.46. The molecule has 5 heteroatoms. The largest absolute Gasteiger partial charge is 0.301 e. The monoisotopic (exact) mass is 445 g/mol. The highest BCUT2D eigenvalue weighted by atomic mass is 32.2. The Labute approximate surface area is 193 Å². The predicted octanol–water partition coefficient (Wildman–Crippen LogP) is 4.65. The van der Waals surface area contributed by atoms with Crippen LogP contribution in [-0.2, 0) is 11.0 Å². The summed E-state index contributed by atoms with van der Waals surface area (Å²) < 4.78 is 15.0. The second-order valence-electron chi connectivity index (χ2n) is 10.5. The first-order chi connectivity index (χ1) is 15.1. The van der Waals surface area contributed by atoms with Gasteiger partial charge in [0.2, 0.25) is 0 Å². The number of unbranched alkanes of at least 4 members (excludes halogenated alkanes) is 2. The molecular formula is C26H43N3OS. The maximum atomic E-state index is 12.8. The van der Waals surface area contributed by atoms with Gasteiger partial charge in [0.15, 0.2) is 0 Å². The van der Waals surface area contributed by atoms with Crippen molar-refractivity contribution in [3.8, 4) is 0 Å². The molecule has 3 unspecified atom stereocenters. The van der Waals surface area contributed by atoms with E-state index in [-0.39, 0.29) is 0 Å². The predicted molar refractivity (Wildman–Crippen MR) is 130 cm³/mol. The van der Waals surface area contributed by atoms with Crippen molar-refractivity contribution >= 4 is 11.0 Å². The van der Waals surface area contributed by atoms with Crippen LogP contribution in [0.4, 0.5) is 0 Å². The van der Waals surface area contributed by atoms with Gasteiger partial charge in [-0.3, -0.25) is 0 Å². The van der Waals surface area contributed by atoms with Gasteiger partial charge in [0.25, 0.3) is 0 Å².